The monoisotopic (exact) mass is 787 g/mol. The molecule has 0 aliphatic heterocycles. The predicted molar refractivity (Wildman–Crippen MR) is 228 cm³/mol. The molecule has 0 fully saturated rings. The Morgan fingerprint density at radius 3 is 1.25 bits per heavy atom. The first kappa shape index (κ1) is 55.3. The molecule has 0 bridgehead atoms. The minimum absolute atomic E-state index is 0.00761. The van der Waals surface area contributed by atoms with Gasteiger partial charge in [0.15, 0.2) is 0 Å². The fraction of sp³-hybridized carbons (Fsp3) is 0.932. The van der Waals surface area contributed by atoms with Crippen LogP contribution in [0.15, 0.2) is 0 Å². The highest BCUT2D eigenvalue weighted by Gasteiger charge is 2.14. The van der Waals surface area contributed by atoms with Crippen molar-refractivity contribution in [1.29, 1.82) is 0 Å². The van der Waals surface area contributed by atoms with Crippen LogP contribution in [0.1, 0.15) is 202 Å². The summed E-state index contributed by atoms with van der Waals surface area (Å²) in [6.07, 6.45) is 30.1. The Labute approximate surface area is 338 Å². The Morgan fingerprint density at radius 2 is 0.873 bits per heavy atom. The van der Waals surface area contributed by atoms with E-state index < -0.39 is 0 Å². The van der Waals surface area contributed by atoms with Gasteiger partial charge in [-0.05, 0) is 32.1 Å². The van der Waals surface area contributed by atoms with E-state index in [1.807, 2.05) is 0 Å². The molecule has 11 nitrogen and oxygen atoms in total. The Kier molecular flexibility index (Phi) is 43.6. The summed E-state index contributed by atoms with van der Waals surface area (Å²) < 4.78 is 11.1. The molecular formula is C44H90N4O7. The van der Waals surface area contributed by atoms with Crippen molar-refractivity contribution in [1.82, 2.24) is 16.0 Å². The third-order valence-corrected chi connectivity index (χ3v) is 9.83. The SMILES string of the molecule is CCCCCCCCCCCCCC(=O)N[C@@H](CO)COCC[C@H](CCCCCCC)NC(C)=O.CCCCCCC[C@@H](CCOC[C@@H](N)CO)NC(C)=O. The summed E-state index contributed by atoms with van der Waals surface area (Å²) in [5.41, 5.74) is 5.55. The third-order valence-electron chi connectivity index (χ3n) is 9.83. The molecule has 0 rings (SSSR count). The molecule has 4 atom stereocenters. The zero-order chi connectivity index (χ0) is 41.2. The Hall–Kier alpha value is -1.79. The lowest BCUT2D eigenvalue weighted by molar-refractivity contribution is -0.123. The number of nitrogens with two attached hydrogens (primary N) is 1. The Bertz CT molecular complexity index is 851. The minimum Gasteiger partial charge on any atom is -0.395 e. The van der Waals surface area contributed by atoms with Crippen LogP contribution in [0.25, 0.3) is 0 Å². The van der Waals surface area contributed by atoms with Gasteiger partial charge in [0.1, 0.15) is 0 Å². The van der Waals surface area contributed by atoms with Crippen molar-refractivity contribution in [3.63, 3.8) is 0 Å². The van der Waals surface area contributed by atoms with Crippen molar-refractivity contribution in [2.45, 2.75) is 226 Å². The number of hydrogen-bond acceptors (Lipinski definition) is 8. The molecule has 7 N–H and O–H groups in total. The number of unbranched alkanes of at least 4 members (excludes halogenated alkanes) is 18. The lowest BCUT2D eigenvalue weighted by atomic mass is 10.0. The largest absolute Gasteiger partial charge is 0.395 e. The highest BCUT2D eigenvalue weighted by Crippen LogP contribution is 2.13. The van der Waals surface area contributed by atoms with Gasteiger partial charge in [0.25, 0.3) is 0 Å². The first-order valence-electron chi connectivity index (χ1n) is 22.6. The average molecular weight is 787 g/mol. The second kappa shape index (κ2) is 43.3. The van der Waals surface area contributed by atoms with Crippen LogP contribution >= 0.6 is 0 Å². The fourth-order valence-corrected chi connectivity index (χ4v) is 6.49. The average Bonchev–Trinajstić information content (AvgIpc) is 3.15. The Morgan fingerprint density at radius 1 is 0.491 bits per heavy atom. The predicted octanol–water partition coefficient (Wildman–Crippen LogP) is 8.01. The van der Waals surface area contributed by atoms with Gasteiger partial charge < -0.3 is 41.4 Å². The van der Waals surface area contributed by atoms with Gasteiger partial charge >= 0.3 is 0 Å². The third kappa shape index (κ3) is 43.2. The summed E-state index contributed by atoms with van der Waals surface area (Å²) in [4.78, 5) is 34.9. The highest BCUT2D eigenvalue weighted by atomic mass is 16.5. The molecule has 0 aromatic rings. The molecule has 0 aromatic carbocycles. The van der Waals surface area contributed by atoms with Crippen LogP contribution in [-0.2, 0) is 23.9 Å². The van der Waals surface area contributed by atoms with Gasteiger partial charge in [-0.1, -0.05) is 149 Å². The van der Waals surface area contributed by atoms with Crippen LogP contribution < -0.4 is 21.7 Å². The van der Waals surface area contributed by atoms with E-state index in [0.717, 1.165) is 51.4 Å². The van der Waals surface area contributed by atoms with Crippen molar-refractivity contribution in [2.75, 3.05) is 39.6 Å². The molecule has 328 valence electrons. The topological polar surface area (TPSA) is 172 Å². The molecule has 0 aliphatic rings. The van der Waals surface area contributed by atoms with E-state index in [4.69, 9.17) is 20.3 Å². The maximum absolute atomic E-state index is 12.2. The number of amides is 3. The van der Waals surface area contributed by atoms with Gasteiger partial charge in [-0.2, -0.15) is 0 Å². The summed E-state index contributed by atoms with van der Waals surface area (Å²) in [6.45, 7) is 11.3. The van der Waals surface area contributed by atoms with Crippen molar-refractivity contribution in [3.8, 4) is 0 Å². The van der Waals surface area contributed by atoms with Crippen molar-refractivity contribution >= 4 is 17.7 Å². The zero-order valence-corrected chi connectivity index (χ0v) is 36.4. The van der Waals surface area contributed by atoms with E-state index in [1.54, 1.807) is 13.8 Å². The van der Waals surface area contributed by atoms with Gasteiger partial charge in [-0.3, -0.25) is 14.4 Å². The van der Waals surface area contributed by atoms with E-state index >= 15 is 0 Å². The highest BCUT2D eigenvalue weighted by molar-refractivity contribution is 5.76. The van der Waals surface area contributed by atoms with E-state index in [-0.39, 0.29) is 55.1 Å². The molecule has 55 heavy (non-hydrogen) atoms. The smallest absolute Gasteiger partial charge is 0.220 e. The van der Waals surface area contributed by atoms with Gasteiger partial charge in [-0.15, -0.1) is 0 Å². The van der Waals surface area contributed by atoms with E-state index in [2.05, 4.69) is 36.7 Å². The summed E-state index contributed by atoms with van der Waals surface area (Å²) >= 11 is 0. The molecule has 11 heteroatoms. The van der Waals surface area contributed by atoms with Crippen molar-refractivity contribution in [2.24, 2.45) is 5.73 Å². The van der Waals surface area contributed by atoms with E-state index in [1.165, 1.54) is 109 Å². The van der Waals surface area contributed by atoms with Crippen LogP contribution in [0.2, 0.25) is 0 Å². The first-order valence-corrected chi connectivity index (χ1v) is 22.6. The van der Waals surface area contributed by atoms with Crippen LogP contribution in [-0.4, -0.2) is 91.7 Å². The molecular weight excluding hydrogens is 697 g/mol. The number of ether oxygens (including phenoxy) is 2. The molecule has 0 aromatic heterocycles. The molecule has 0 aliphatic carbocycles. The number of carbonyl (C=O) groups excluding carboxylic acids is 3. The molecule has 0 saturated carbocycles. The lowest BCUT2D eigenvalue weighted by Gasteiger charge is -2.20. The maximum atomic E-state index is 12.2. The zero-order valence-electron chi connectivity index (χ0n) is 36.4. The first-order chi connectivity index (χ1) is 26.6. The minimum atomic E-state index is -0.372. The van der Waals surface area contributed by atoms with Crippen LogP contribution in [0.4, 0.5) is 0 Å². The van der Waals surface area contributed by atoms with Crippen LogP contribution in [0, 0.1) is 0 Å². The van der Waals surface area contributed by atoms with Gasteiger partial charge in [0.05, 0.1) is 38.5 Å². The maximum Gasteiger partial charge on any atom is 0.220 e. The number of aliphatic hydroxyl groups excluding tert-OH is 2. The number of rotatable bonds is 39. The molecule has 0 spiro atoms. The summed E-state index contributed by atoms with van der Waals surface area (Å²) in [6, 6.07) is -0.386. The fourth-order valence-electron chi connectivity index (χ4n) is 6.49. The van der Waals surface area contributed by atoms with E-state index in [9.17, 15) is 19.5 Å². The standard InChI is InChI=1S/C29H58N2O4.C15H32N2O3/c1-4-6-8-10-11-12-13-14-15-17-19-21-29(34)31-28(24-32)25-35-23-22-27(30-26(3)33)20-18-16-9-7-5-2;1-3-4-5-6-7-8-15(17-13(2)19)9-10-20-12-14(16)11-18/h27-28,32H,4-25H2,1-3H3,(H,30,33)(H,31,34);14-15,18H,3-12,16H2,1-2H3,(H,17,19)/t27-,28-;14-,15-/m00/s1. The van der Waals surface area contributed by atoms with Gasteiger partial charge in [0.2, 0.25) is 17.7 Å². The second-order valence-corrected chi connectivity index (χ2v) is 15.6. The molecule has 0 heterocycles. The Balaban J connectivity index is 0. The summed E-state index contributed by atoms with van der Waals surface area (Å²) in [7, 11) is 0. The van der Waals surface area contributed by atoms with Crippen LogP contribution in [0.5, 0.6) is 0 Å². The van der Waals surface area contributed by atoms with E-state index in [0.29, 0.717) is 32.8 Å². The van der Waals surface area contributed by atoms with Crippen molar-refractivity contribution < 1.29 is 34.1 Å². The van der Waals surface area contributed by atoms with Crippen LogP contribution in [0.3, 0.4) is 0 Å². The normalized spacial score (nSPS) is 13.3. The number of nitrogens with one attached hydrogen (secondary N) is 3. The quantitative estimate of drug-likeness (QED) is 0.0340. The van der Waals surface area contributed by atoms with Gasteiger partial charge in [0, 0.05) is 45.6 Å². The molecule has 0 unspecified atom stereocenters. The molecule has 0 radical (unpaired) electrons. The molecule has 0 saturated heterocycles. The van der Waals surface area contributed by atoms with Crippen molar-refractivity contribution in [3.05, 3.63) is 0 Å². The summed E-state index contributed by atoms with van der Waals surface area (Å²) in [5, 5.41) is 27.3. The summed E-state index contributed by atoms with van der Waals surface area (Å²) in [5.74, 6) is -0.00569. The second-order valence-electron chi connectivity index (χ2n) is 15.6. The number of hydrogen-bond donors (Lipinski definition) is 6. The number of carbonyl (C=O) groups is 3. The lowest BCUT2D eigenvalue weighted by Crippen LogP contribution is -2.41. The number of aliphatic hydroxyl groups is 2. The molecule has 3 amide bonds. The van der Waals surface area contributed by atoms with Gasteiger partial charge in [-0.25, -0.2) is 0 Å².